The number of aromatic nitrogens is 2. The van der Waals surface area contributed by atoms with Crippen LogP contribution in [0.2, 0.25) is 5.15 Å². The van der Waals surface area contributed by atoms with Crippen molar-refractivity contribution in [2.24, 2.45) is 0 Å². The number of piperidine rings is 1. The van der Waals surface area contributed by atoms with Crippen LogP contribution in [0.1, 0.15) is 46.5 Å². The van der Waals surface area contributed by atoms with Gasteiger partial charge in [-0.25, -0.2) is 9.59 Å². The fourth-order valence-corrected chi connectivity index (χ4v) is 4.61. The first-order chi connectivity index (χ1) is 16.6. The maximum absolute atomic E-state index is 12.6. The Morgan fingerprint density at radius 1 is 0.943 bits per heavy atom. The molecule has 1 aromatic rings. The molecule has 3 heterocycles. The van der Waals surface area contributed by atoms with Crippen LogP contribution in [0.15, 0.2) is 6.07 Å². The third-order valence-electron chi connectivity index (χ3n) is 6.45. The second-order valence-electron chi connectivity index (χ2n) is 10.3. The van der Waals surface area contributed by atoms with Crippen LogP contribution in [0.5, 0.6) is 0 Å². The lowest BCUT2D eigenvalue weighted by atomic mass is 9.91. The minimum absolute atomic E-state index is 0.0923. The largest absolute Gasteiger partial charge is 0.446 e. The molecule has 2 saturated heterocycles. The van der Waals surface area contributed by atoms with Crippen molar-refractivity contribution in [2.45, 2.75) is 70.4 Å². The van der Waals surface area contributed by atoms with E-state index >= 15 is 0 Å². The molecule has 3 aliphatic rings. The molecular weight excluding hydrogens is 476 g/mol. The molecule has 3 fully saturated rings. The summed E-state index contributed by atoms with van der Waals surface area (Å²) >= 11 is 5.94. The van der Waals surface area contributed by atoms with E-state index in [1.54, 1.807) is 15.9 Å². The number of nitrogens with two attached hydrogens (primary N) is 1. The molecule has 11 nitrogen and oxygen atoms in total. The minimum Gasteiger partial charge on any atom is -0.446 e. The van der Waals surface area contributed by atoms with Crippen LogP contribution in [0.25, 0.3) is 0 Å². The average Bonchev–Trinajstić information content (AvgIpc) is 2.78. The topological polar surface area (TPSA) is 123 Å². The Morgan fingerprint density at radius 3 is 2.20 bits per heavy atom. The van der Waals surface area contributed by atoms with E-state index in [1.807, 2.05) is 25.7 Å². The molecule has 2 aliphatic heterocycles. The Hall–Kier alpha value is -2.53. The van der Waals surface area contributed by atoms with Gasteiger partial charge in [0.05, 0.1) is 17.9 Å². The zero-order chi connectivity index (χ0) is 25.2. The summed E-state index contributed by atoms with van der Waals surface area (Å²) in [6.07, 6.45) is 2.51. The lowest BCUT2D eigenvalue weighted by Crippen LogP contribution is -2.51. The predicted molar refractivity (Wildman–Crippen MR) is 130 cm³/mol. The highest BCUT2D eigenvalue weighted by Gasteiger charge is 2.37. The summed E-state index contributed by atoms with van der Waals surface area (Å²) < 4.78 is 17.3. The van der Waals surface area contributed by atoms with E-state index in [2.05, 4.69) is 10.2 Å². The maximum Gasteiger partial charge on any atom is 0.410 e. The van der Waals surface area contributed by atoms with Gasteiger partial charge in [0.1, 0.15) is 11.7 Å². The molecule has 2 N–H and O–H groups in total. The summed E-state index contributed by atoms with van der Waals surface area (Å²) in [5.41, 5.74) is 6.15. The molecule has 0 atom stereocenters. The standard InChI is InChI=1S/C23H35ClN6O5/c1-23(2,3)35-22(32)29-6-4-15(5-7-29)33-16-12-17(13-16)34-21(31)30-10-8-28(9-11-30)18-14-19(24)26-27-20(18)25/h14-17H,4-13H2,1-3H3,(H2,25,27)/t16-,17-. The number of nitrogen functional groups attached to an aromatic ring is 1. The second kappa shape index (κ2) is 10.6. The van der Waals surface area contributed by atoms with Crippen molar-refractivity contribution in [2.75, 3.05) is 49.9 Å². The molecular formula is C23H35ClN6O5. The maximum atomic E-state index is 12.6. The van der Waals surface area contributed by atoms with Gasteiger partial charge in [-0.1, -0.05) is 11.6 Å². The SMILES string of the molecule is CC(C)(C)OC(=O)N1CCC(O[C@H]2C[C@H](OC(=O)N3CCN(c4cc(Cl)nnc4N)CC3)C2)CC1. The third-order valence-corrected chi connectivity index (χ3v) is 6.63. The van der Waals surface area contributed by atoms with Gasteiger partial charge >= 0.3 is 12.2 Å². The first-order valence-corrected chi connectivity index (χ1v) is 12.6. The summed E-state index contributed by atoms with van der Waals surface area (Å²) in [7, 11) is 0. The fourth-order valence-electron chi connectivity index (χ4n) is 4.47. The number of halogens is 1. The molecule has 1 aliphatic carbocycles. The van der Waals surface area contributed by atoms with E-state index in [1.165, 1.54) is 0 Å². The quantitative estimate of drug-likeness (QED) is 0.651. The van der Waals surface area contributed by atoms with Gasteiger partial charge in [-0.05, 0) is 33.6 Å². The molecule has 0 radical (unpaired) electrons. The molecule has 12 heteroatoms. The van der Waals surface area contributed by atoms with Crippen LogP contribution >= 0.6 is 11.6 Å². The molecule has 1 saturated carbocycles. The van der Waals surface area contributed by atoms with Gasteiger partial charge in [0, 0.05) is 58.2 Å². The van der Waals surface area contributed by atoms with Gasteiger partial charge in [-0.15, -0.1) is 10.2 Å². The summed E-state index contributed by atoms with van der Waals surface area (Å²) in [5, 5.41) is 7.88. The number of likely N-dealkylation sites (tertiary alicyclic amines) is 1. The lowest BCUT2D eigenvalue weighted by molar-refractivity contribution is -0.120. The molecule has 4 rings (SSSR count). The number of carbonyl (C=O) groups is 2. The highest BCUT2D eigenvalue weighted by molar-refractivity contribution is 6.29. The van der Waals surface area contributed by atoms with E-state index in [0.717, 1.165) is 18.5 Å². The minimum atomic E-state index is -0.490. The number of anilines is 2. The normalized spacial score (nSPS) is 23.6. The predicted octanol–water partition coefficient (Wildman–Crippen LogP) is 2.92. The molecule has 0 aromatic carbocycles. The van der Waals surface area contributed by atoms with Crippen molar-refractivity contribution < 1.29 is 23.8 Å². The van der Waals surface area contributed by atoms with E-state index in [9.17, 15) is 9.59 Å². The number of piperazine rings is 1. The zero-order valence-electron chi connectivity index (χ0n) is 20.6. The van der Waals surface area contributed by atoms with Crippen LogP contribution in [0.3, 0.4) is 0 Å². The first kappa shape index (κ1) is 25.6. The number of nitrogens with zero attached hydrogens (tertiary/aromatic N) is 5. The number of hydrogen-bond acceptors (Lipinski definition) is 9. The van der Waals surface area contributed by atoms with E-state index < -0.39 is 5.60 Å². The van der Waals surface area contributed by atoms with Crippen LogP contribution in [-0.4, -0.2) is 95.4 Å². The summed E-state index contributed by atoms with van der Waals surface area (Å²) in [6, 6.07) is 1.69. The van der Waals surface area contributed by atoms with Crippen LogP contribution in [0.4, 0.5) is 21.1 Å². The average molecular weight is 511 g/mol. The Bertz CT molecular complexity index is 906. The molecule has 0 unspecified atom stereocenters. The highest BCUT2D eigenvalue weighted by Crippen LogP contribution is 2.31. The van der Waals surface area contributed by atoms with Crippen molar-refractivity contribution >= 4 is 35.3 Å². The number of ether oxygens (including phenoxy) is 3. The fraction of sp³-hybridized carbons (Fsp3) is 0.739. The summed E-state index contributed by atoms with van der Waals surface area (Å²) in [4.78, 5) is 30.3. The third kappa shape index (κ3) is 6.78. The van der Waals surface area contributed by atoms with Crippen molar-refractivity contribution in [3.05, 3.63) is 11.2 Å². The highest BCUT2D eigenvalue weighted by atomic mass is 35.5. The van der Waals surface area contributed by atoms with Gasteiger partial charge in [0.25, 0.3) is 0 Å². The van der Waals surface area contributed by atoms with Gasteiger partial charge in [-0.2, -0.15) is 0 Å². The van der Waals surface area contributed by atoms with Gasteiger partial charge < -0.3 is 34.6 Å². The van der Waals surface area contributed by atoms with E-state index in [4.69, 9.17) is 31.5 Å². The lowest BCUT2D eigenvalue weighted by Gasteiger charge is -2.41. The monoisotopic (exact) mass is 510 g/mol. The Labute approximate surface area is 210 Å². The van der Waals surface area contributed by atoms with Crippen LogP contribution < -0.4 is 10.6 Å². The second-order valence-corrected chi connectivity index (χ2v) is 10.7. The van der Waals surface area contributed by atoms with Crippen LogP contribution in [-0.2, 0) is 14.2 Å². The zero-order valence-corrected chi connectivity index (χ0v) is 21.4. The molecule has 0 spiro atoms. The molecule has 0 bridgehead atoms. The Kier molecular flexibility index (Phi) is 7.75. The number of amides is 2. The smallest absolute Gasteiger partial charge is 0.410 e. The summed E-state index contributed by atoms with van der Waals surface area (Å²) in [6.45, 7) is 9.14. The van der Waals surface area contributed by atoms with Gasteiger partial charge in [0.2, 0.25) is 0 Å². The molecule has 2 amide bonds. The molecule has 194 valence electrons. The Morgan fingerprint density at radius 2 is 1.57 bits per heavy atom. The van der Waals surface area contributed by atoms with Crippen molar-refractivity contribution in [3.63, 3.8) is 0 Å². The Balaban J connectivity index is 1.12. The van der Waals surface area contributed by atoms with E-state index in [-0.39, 0.29) is 35.7 Å². The van der Waals surface area contributed by atoms with Crippen molar-refractivity contribution in [1.29, 1.82) is 0 Å². The van der Waals surface area contributed by atoms with Crippen molar-refractivity contribution in [3.8, 4) is 0 Å². The molecule has 1 aromatic heterocycles. The number of hydrogen-bond donors (Lipinski definition) is 1. The van der Waals surface area contributed by atoms with Gasteiger partial charge in [0.15, 0.2) is 11.0 Å². The van der Waals surface area contributed by atoms with Crippen LogP contribution in [0, 0.1) is 0 Å². The first-order valence-electron chi connectivity index (χ1n) is 12.2. The number of rotatable bonds is 4. The van der Waals surface area contributed by atoms with E-state index in [0.29, 0.717) is 57.9 Å². The number of carbonyl (C=O) groups excluding carboxylic acids is 2. The summed E-state index contributed by atoms with van der Waals surface area (Å²) in [5.74, 6) is 0.321. The van der Waals surface area contributed by atoms with Gasteiger partial charge in [-0.3, -0.25) is 0 Å². The van der Waals surface area contributed by atoms with Crippen molar-refractivity contribution in [1.82, 2.24) is 20.0 Å². The molecule has 35 heavy (non-hydrogen) atoms.